The van der Waals surface area contributed by atoms with Gasteiger partial charge in [-0.15, -0.1) is 23.5 Å². The number of carbonyl (C=O) groups is 1. The van der Waals surface area contributed by atoms with Crippen LogP contribution in [0.15, 0.2) is 101 Å². The minimum Gasteiger partial charge on any atom is -0.350 e. The minimum absolute atomic E-state index is 0.0695. The SMILES string of the molecule is CSc1ccc(C(=C/C=C/C(=O)N[C@H](C)CCCc2cccnc2)c2ccc(SC)cc2)cc1. The summed E-state index contributed by atoms with van der Waals surface area (Å²) in [6, 6.07) is 21.2. The zero-order valence-electron chi connectivity index (χ0n) is 20.0. The van der Waals surface area contributed by atoms with Gasteiger partial charge in [-0.2, -0.15) is 0 Å². The van der Waals surface area contributed by atoms with Gasteiger partial charge in [0.25, 0.3) is 0 Å². The number of pyridine rings is 1. The maximum atomic E-state index is 12.5. The van der Waals surface area contributed by atoms with Crippen molar-refractivity contribution in [3.63, 3.8) is 0 Å². The second-order valence-electron chi connectivity index (χ2n) is 8.06. The average molecular weight is 489 g/mol. The molecule has 0 spiro atoms. The van der Waals surface area contributed by atoms with Gasteiger partial charge in [0, 0.05) is 34.3 Å². The van der Waals surface area contributed by atoms with Crippen LogP contribution in [0.1, 0.15) is 36.5 Å². The highest BCUT2D eigenvalue weighted by molar-refractivity contribution is 7.98. The molecule has 0 saturated heterocycles. The molecule has 0 radical (unpaired) electrons. The predicted molar refractivity (Wildman–Crippen MR) is 147 cm³/mol. The molecule has 0 saturated carbocycles. The Morgan fingerprint density at radius 1 is 0.971 bits per heavy atom. The van der Waals surface area contributed by atoms with Gasteiger partial charge in [0.05, 0.1) is 0 Å². The fourth-order valence-corrected chi connectivity index (χ4v) is 4.47. The monoisotopic (exact) mass is 488 g/mol. The maximum absolute atomic E-state index is 12.5. The van der Waals surface area contributed by atoms with Crippen LogP contribution in [0.2, 0.25) is 0 Å². The van der Waals surface area contributed by atoms with Crippen LogP contribution in [0, 0.1) is 0 Å². The third-order valence-electron chi connectivity index (χ3n) is 5.53. The van der Waals surface area contributed by atoms with Crippen LogP contribution in [0.4, 0.5) is 0 Å². The lowest BCUT2D eigenvalue weighted by atomic mass is 9.97. The maximum Gasteiger partial charge on any atom is 0.244 e. The van der Waals surface area contributed by atoms with Gasteiger partial charge in [0.2, 0.25) is 5.91 Å². The number of nitrogens with one attached hydrogen (secondary N) is 1. The molecule has 1 atom stereocenters. The van der Waals surface area contributed by atoms with Crippen LogP contribution in [-0.4, -0.2) is 29.4 Å². The highest BCUT2D eigenvalue weighted by atomic mass is 32.2. The first-order chi connectivity index (χ1) is 16.6. The Morgan fingerprint density at radius 3 is 2.12 bits per heavy atom. The van der Waals surface area contributed by atoms with Gasteiger partial charge in [-0.25, -0.2) is 0 Å². The number of amides is 1. The van der Waals surface area contributed by atoms with Crippen molar-refractivity contribution in [1.82, 2.24) is 10.3 Å². The molecule has 5 heteroatoms. The number of allylic oxidation sites excluding steroid dienone is 2. The first kappa shape index (κ1) is 25.9. The molecule has 0 fully saturated rings. The van der Waals surface area contributed by atoms with E-state index in [1.807, 2.05) is 24.4 Å². The van der Waals surface area contributed by atoms with Crippen molar-refractivity contribution in [3.8, 4) is 0 Å². The van der Waals surface area contributed by atoms with Crippen molar-refractivity contribution < 1.29 is 4.79 Å². The van der Waals surface area contributed by atoms with E-state index in [4.69, 9.17) is 0 Å². The Morgan fingerprint density at radius 2 is 1.59 bits per heavy atom. The quantitative estimate of drug-likeness (QED) is 0.179. The van der Waals surface area contributed by atoms with E-state index in [9.17, 15) is 4.79 Å². The van der Waals surface area contributed by atoms with E-state index in [0.717, 1.165) is 36.0 Å². The van der Waals surface area contributed by atoms with Gasteiger partial charge in [0.15, 0.2) is 0 Å². The molecular weight excluding hydrogens is 456 g/mol. The lowest BCUT2D eigenvalue weighted by Gasteiger charge is -2.12. The molecule has 3 nitrogen and oxygen atoms in total. The molecule has 0 aliphatic rings. The molecule has 1 heterocycles. The van der Waals surface area contributed by atoms with E-state index in [0.29, 0.717) is 0 Å². The molecule has 3 rings (SSSR count). The Labute approximate surface area is 212 Å². The van der Waals surface area contributed by atoms with Crippen molar-refractivity contribution in [2.24, 2.45) is 0 Å². The summed E-state index contributed by atoms with van der Waals surface area (Å²) < 4.78 is 0. The third-order valence-corrected chi connectivity index (χ3v) is 7.01. The summed E-state index contributed by atoms with van der Waals surface area (Å²) in [6.07, 6.45) is 16.2. The molecule has 1 aromatic heterocycles. The first-order valence-electron chi connectivity index (χ1n) is 11.5. The van der Waals surface area contributed by atoms with Crippen molar-refractivity contribution in [1.29, 1.82) is 0 Å². The van der Waals surface area contributed by atoms with E-state index < -0.39 is 0 Å². The van der Waals surface area contributed by atoms with Gasteiger partial charge >= 0.3 is 0 Å². The second-order valence-corrected chi connectivity index (χ2v) is 9.82. The first-order valence-corrected chi connectivity index (χ1v) is 13.9. The molecule has 0 unspecified atom stereocenters. The van der Waals surface area contributed by atoms with Gasteiger partial charge in [0.1, 0.15) is 0 Å². The predicted octanol–water partition coefficient (Wildman–Crippen LogP) is 7.04. The van der Waals surface area contributed by atoms with E-state index >= 15 is 0 Å². The number of rotatable bonds is 11. The van der Waals surface area contributed by atoms with Crippen molar-refractivity contribution in [2.75, 3.05) is 12.5 Å². The number of thioether (sulfide) groups is 2. The average Bonchev–Trinajstić information content (AvgIpc) is 2.87. The Kier molecular flexibility index (Phi) is 10.5. The molecule has 0 aliphatic heterocycles. The zero-order valence-corrected chi connectivity index (χ0v) is 21.7. The molecule has 34 heavy (non-hydrogen) atoms. The number of benzene rings is 2. The lowest BCUT2D eigenvalue weighted by molar-refractivity contribution is -0.117. The van der Waals surface area contributed by atoms with Crippen LogP contribution >= 0.6 is 23.5 Å². The van der Waals surface area contributed by atoms with E-state index in [1.54, 1.807) is 35.8 Å². The van der Waals surface area contributed by atoms with Crippen LogP contribution in [0.3, 0.4) is 0 Å². The fraction of sp³-hybridized carbons (Fsp3) is 0.241. The van der Waals surface area contributed by atoms with E-state index in [1.165, 1.54) is 15.4 Å². The molecule has 2 aromatic carbocycles. The molecule has 176 valence electrons. The summed E-state index contributed by atoms with van der Waals surface area (Å²) in [7, 11) is 0. The number of carbonyl (C=O) groups excluding carboxylic acids is 1. The van der Waals surface area contributed by atoms with E-state index in [-0.39, 0.29) is 11.9 Å². The highest BCUT2D eigenvalue weighted by Crippen LogP contribution is 2.27. The summed E-state index contributed by atoms with van der Waals surface area (Å²) in [5, 5.41) is 3.07. The smallest absolute Gasteiger partial charge is 0.244 e. The third kappa shape index (κ3) is 8.23. The summed E-state index contributed by atoms with van der Waals surface area (Å²) in [5.74, 6) is -0.0695. The van der Waals surface area contributed by atoms with Crippen molar-refractivity contribution in [2.45, 2.75) is 42.0 Å². The molecule has 3 aromatic rings. The zero-order chi connectivity index (χ0) is 24.2. The van der Waals surface area contributed by atoms with Crippen LogP contribution in [-0.2, 0) is 11.2 Å². The normalized spacial score (nSPS) is 11.9. The van der Waals surface area contributed by atoms with E-state index in [2.05, 4.69) is 84.3 Å². The summed E-state index contributed by atoms with van der Waals surface area (Å²) in [6.45, 7) is 2.05. The van der Waals surface area contributed by atoms with Gasteiger partial charge < -0.3 is 5.32 Å². The number of aryl methyl sites for hydroxylation is 1. The Hall–Kier alpha value is -2.76. The number of hydrogen-bond acceptors (Lipinski definition) is 4. The topological polar surface area (TPSA) is 42.0 Å². The molecular formula is C29H32N2OS2. The minimum atomic E-state index is -0.0695. The van der Waals surface area contributed by atoms with Crippen LogP contribution < -0.4 is 5.32 Å². The standard InChI is InChI=1S/C29H32N2OS2/c1-22(7-4-8-23-9-6-20-30-21-23)31-29(32)11-5-10-28(24-12-16-26(33-2)17-13-24)25-14-18-27(34-3)19-15-25/h5-6,9-22H,4,7-8H2,1-3H3,(H,31,32)/b11-5+/t22-/m1/s1. The summed E-state index contributed by atoms with van der Waals surface area (Å²) >= 11 is 3.46. The Balaban J connectivity index is 1.64. The molecule has 0 aliphatic carbocycles. The number of nitrogens with zero attached hydrogens (tertiary/aromatic N) is 1. The second kappa shape index (κ2) is 13.8. The highest BCUT2D eigenvalue weighted by Gasteiger charge is 2.07. The van der Waals surface area contributed by atoms with Crippen LogP contribution in [0.25, 0.3) is 5.57 Å². The molecule has 1 amide bonds. The molecule has 0 bridgehead atoms. The van der Waals surface area contributed by atoms with Gasteiger partial charge in [-0.1, -0.05) is 42.5 Å². The summed E-state index contributed by atoms with van der Waals surface area (Å²) in [4.78, 5) is 19.1. The number of aromatic nitrogens is 1. The Bertz CT molecular complexity index is 1040. The largest absolute Gasteiger partial charge is 0.350 e. The van der Waals surface area contributed by atoms with Gasteiger partial charge in [-0.3, -0.25) is 9.78 Å². The fourth-order valence-electron chi connectivity index (χ4n) is 3.65. The molecule has 1 N–H and O–H groups in total. The van der Waals surface area contributed by atoms with Crippen LogP contribution in [0.5, 0.6) is 0 Å². The lowest BCUT2D eigenvalue weighted by Crippen LogP contribution is -2.31. The summed E-state index contributed by atoms with van der Waals surface area (Å²) in [5.41, 5.74) is 4.58. The number of hydrogen-bond donors (Lipinski definition) is 1. The van der Waals surface area contributed by atoms with Gasteiger partial charge in [-0.05, 0) is 91.3 Å². The van der Waals surface area contributed by atoms with Crippen molar-refractivity contribution >= 4 is 35.0 Å². The van der Waals surface area contributed by atoms with Crippen molar-refractivity contribution in [3.05, 3.63) is 108 Å².